The van der Waals surface area contributed by atoms with Crippen LogP contribution in [0.2, 0.25) is 0 Å². The second kappa shape index (κ2) is 9.25. The van der Waals surface area contributed by atoms with Crippen LogP contribution in [0.5, 0.6) is 11.5 Å². The molecule has 1 heterocycles. The summed E-state index contributed by atoms with van der Waals surface area (Å²) in [7, 11) is 1.65. The molecule has 1 atom stereocenters. The fourth-order valence-corrected chi connectivity index (χ4v) is 3.37. The van der Waals surface area contributed by atoms with Crippen LogP contribution in [0.15, 0.2) is 18.2 Å². The van der Waals surface area contributed by atoms with Gasteiger partial charge in [0.05, 0.1) is 26.4 Å². The molecule has 1 saturated heterocycles. The number of rotatable bonds is 8. The van der Waals surface area contributed by atoms with Crippen LogP contribution in [0.4, 0.5) is 0 Å². The van der Waals surface area contributed by atoms with Gasteiger partial charge in [-0.05, 0) is 30.5 Å². The molecule has 0 aromatic heterocycles. The Balaban J connectivity index is 2.06. The molecule has 0 spiro atoms. The van der Waals surface area contributed by atoms with Gasteiger partial charge in [-0.3, -0.25) is 4.90 Å². The average molecular weight is 336 g/mol. The van der Waals surface area contributed by atoms with E-state index in [-0.39, 0.29) is 12.6 Å². The van der Waals surface area contributed by atoms with E-state index in [9.17, 15) is 5.11 Å². The van der Waals surface area contributed by atoms with Gasteiger partial charge in [0.1, 0.15) is 0 Å². The number of piperazine rings is 1. The lowest BCUT2D eigenvalue weighted by atomic mass is 10.0. The molecule has 0 bridgehead atoms. The monoisotopic (exact) mass is 336 g/mol. The number of hydrogen-bond acceptors (Lipinski definition) is 5. The lowest BCUT2D eigenvalue weighted by Gasteiger charge is -2.39. The summed E-state index contributed by atoms with van der Waals surface area (Å²) in [4.78, 5) is 4.88. The van der Waals surface area contributed by atoms with E-state index in [1.54, 1.807) is 7.11 Å². The summed E-state index contributed by atoms with van der Waals surface area (Å²) in [6, 6.07) is 5.98. The molecule has 2 rings (SSSR count). The summed E-state index contributed by atoms with van der Waals surface area (Å²) in [6.07, 6.45) is 0. The highest BCUT2D eigenvalue weighted by molar-refractivity contribution is 5.44. The van der Waals surface area contributed by atoms with Gasteiger partial charge in [0, 0.05) is 32.7 Å². The zero-order chi connectivity index (χ0) is 17.5. The number of ether oxygens (including phenoxy) is 2. The van der Waals surface area contributed by atoms with Gasteiger partial charge in [0.25, 0.3) is 0 Å². The van der Waals surface area contributed by atoms with Crippen LogP contribution in [-0.2, 0) is 0 Å². The fraction of sp³-hybridized carbons (Fsp3) is 0.684. The molecule has 24 heavy (non-hydrogen) atoms. The van der Waals surface area contributed by atoms with Crippen LogP contribution in [0.25, 0.3) is 0 Å². The number of aliphatic hydroxyl groups is 1. The van der Waals surface area contributed by atoms with Gasteiger partial charge < -0.3 is 19.5 Å². The van der Waals surface area contributed by atoms with E-state index in [1.165, 1.54) is 0 Å². The van der Waals surface area contributed by atoms with Crippen molar-refractivity contribution in [2.24, 2.45) is 5.92 Å². The van der Waals surface area contributed by atoms with E-state index < -0.39 is 0 Å². The second-order valence-corrected chi connectivity index (χ2v) is 6.77. The Kier molecular flexibility index (Phi) is 7.34. The van der Waals surface area contributed by atoms with Gasteiger partial charge >= 0.3 is 0 Å². The lowest BCUT2D eigenvalue weighted by molar-refractivity contribution is 0.0605. The van der Waals surface area contributed by atoms with Gasteiger partial charge in [-0.15, -0.1) is 0 Å². The van der Waals surface area contributed by atoms with Crippen LogP contribution in [0, 0.1) is 5.92 Å². The maximum Gasteiger partial charge on any atom is 0.161 e. The molecule has 1 aliphatic heterocycles. The molecule has 1 N–H and O–H groups in total. The first-order valence-corrected chi connectivity index (χ1v) is 8.97. The number of methoxy groups -OCH3 is 1. The molecule has 136 valence electrons. The Morgan fingerprint density at radius 1 is 1.12 bits per heavy atom. The van der Waals surface area contributed by atoms with Gasteiger partial charge in [-0.2, -0.15) is 0 Å². The van der Waals surface area contributed by atoms with E-state index in [0.29, 0.717) is 12.5 Å². The number of aliphatic hydroxyl groups excluding tert-OH is 1. The van der Waals surface area contributed by atoms with Crippen molar-refractivity contribution in [1.82, 2.24) is 9.80 Å². The molecule has 1 aromatic carbocycles. The quantitative estimate of drug-likeness (QED) is 0.790. The minimum atomic E-state index is 0.00998. The highest BCUT2D eigenvalue weighted by atomic mass is 16.5. The first-order chi connectivity index (χ1) is 11.6. The number of benzene rings is 1. The van der Waals surface area contributed by atoms with Crippen LogP contribution in [0.1, 0.15) is 32.4 Å². The molecule has 1 unspecified atom stereocenters. The predicted molar refractivity (Wildman–Crippen MR) is 96.8 cm³/mol. The predicted octanol–water partition coefficient (Wildman–Crippen LogP) is 2.40. The van der Waals surface area contributed by atoms with Crippen molar-refractivity contribution in [3.05, 3.63) is 23.8 Å². The molecule has 0 aliphatic carbocycles. The maximum atomic E-state index is 9.95. The Morgan fingerprint density at radius 2 is 1.83 bits per heavy atom. The molecular weight excluding hydrogens is 304 g/mol. The largest absolute Gasteiger partial charge is 0.493 e. The van der Waals surface area contributed by atoms with E-state index in [1.807, 2.05) is 25.1 Å². The highest BCUT2D eigenvalue weighted by Crippen LogP contribution is 2.32. The van der Waals surface area contributed by atoms with Gasteiger partial charge in [-0.1, -0.05) is 19.9 Å². The summed E-state index contributed by atoms with van der Waals surface area (Å²) >= 11 is 0. The number of hydrogen-bond donors (Lipinski definition) is 1. The van der Waals surface area contributed by atoms with E-state index in [2.05, 4.69) is 23.6 Å². The third-order valence-corrected chi connectivity index (χ3v) is 4.52. The molecule has 0 amide bonds. The summed E-state index contributed by atoms with van der Waals surface area (Å²) in [6.45, 7) is 12.4. The lowest BCUT2D eigenvalue weighted by Crippen LogP contribution is -2.49. The van der Waals surface area contributed by atoms with Crippen molar-refractivity contribution < 1.29 is 14.6 Å². The Hall–Kier alpha value is -1.30. The molecule has 1 fully saturated rings. The fourth-order valence-electron chi connectivity index (χ4n) is 3.37. The molecule has 1 aliphatic rings. The maximum absolute atomic E-state index is 9.95. The molecular formula is C19H32N2O3. The van der Waals surface area contributed by atoms with Crippen molar-refractivity contribution in [3.63, 3.8) is 0 Å². The van der Waals surface area contributed by atoms with Crippen LogP contribution in [0.3, 0.4) is 0 Å². The average Bonchev–Trinajstić information content (AvgIpc) is 2.58. The Morgan fingerprint density at radius 3 is 2.38 bits per heavy atom. The Labute approximate surface area is 146 Å². The number of nitrogens with zero attached hydrogens (tertiary/aromatic N) is 2. The van der Waals surface area contributed by atoms with Crippen molar-refractivity contribution in [1.29, 1.82) is 0 Å². The summed E-state index contributed by atoms with van der Waals surface area (Å²) in [5, 5.41) is 9.95. The minimum Gasteiger partial charge on any atom is -0.493 e. The third-order valence-electron chi connectivity index (χ3n) is 4.52. The first-order valence-electron chi connectivity index (χ1n) is 8.97. The molecule has 0 radical (unpaired) electrons. The first kappa shape index (κ1) is 19.0. The normalized spacial score (nSPS) is 17.9. The zero-order valence-corrected chi connectivity index (χ0v) is 15.5. The summed E-state index contributed by atoms with van der Waals surface area (Å²) in [5.41, 5.74) is 1.08. The smallest absolute Gasteiger partial charge is 0.161 e. The van der Waals surface area contributed by atoms with Gasteiger partial charge in [0.2, 0.25) is 0 Å². The molecule has 5 heteroatoms. The van der Waals surface area contributed by atoms with E-state index in [4.69, 9.17) is 9.47 Å². The summed E-state index contributed by atoms with van der Waals surface area (Å²) < 4.78 is 11.0. The third kappa shape index (κ3) is 4.85. The van der Waals surface area contributed by atoms with Crippen LogP contribution in [-0.4, -0.2) is 68.0 Å². The van der Waals surface area contributed by atoms with Gasteiger partial charge in [0.15, 0.2) is 11.5 Å². The van der Waals surface area contributed by atoms with Crippen molar-refractivity contribution in [2.45, 2.75) is 26.8 Å². The van der Waals surface area contributed by atoms with Crippen LogP contribution < -0.4 is 9.47 Å². The molecule has 5 nitrogen and oxygen atoms in total. The van der Waals surface area contributed by atoms with Gasteiger partial charge in [-0.25, -0.2) is 0 Å². The molecule has 0 saturated carbocycles. The van der Waals surface area contributed by atoms with Crippen molar-refractivity contribution in [2.75, 3.05) is 53.0 Å². The van der Waals surface area contributed by atoms with Crippen molar-refractivity contribution >= 4 is 0 Å². The van der Waals surface area contributed by atoms with Crippen molar-refractivity contribution in [3.8, 4) is 11.5 Å². The molecule has 1 aromatic rings. The Bertz CT molecular complexity index is 499. The van der Waals surface area contributed by atoms with E-state index in [0.717, 1.165) is 49.8 Å². The second-order valence-electron chi connectivity index (χ2n) is 6.77. The zero-order valence-electron chi connectivity index (χ0n) is 15.5. The minimum absolute atomic E-state index is 0.00998. The standard InChI is InChI=1S/C19H32N2O3/c1-5-24-18-7-6-16(12-19(18)23-4)17(14-22)21-10-8-20(9-11-21)13-15(2)3/h6-7,12,15,17,22H,5,8-11,13-14H2,1-4H3. The van der Waals surface area contributed by atoms with E-state index >= 15 is 0 Å². The highest BCUT2D eigenvalue weighted by Gasteiger charge is 2.25. The SMILES string of the molecule is CCOc1ccc(C(CO)N2CCN(CC(C)C)CC2)cc1OC. The van der Waals surface area contributed by atoms with Crippen LogP contribution >= 0.6 is 0 Å². The summed E-state index contributed by atoms with van der Waals surface area (Å²) in [5.74, 6) is 2.17. The topological polar surface area (TPSA) is 45.2 Å².